The lowest BCUT2D eigenvalue weighted by Crippen LogP contribution is -2.42. The summed E-state index contributed by atoms with van der Waals surface area (Å²) in [5.74, 6) is 0.444. The Bertz CT molecular complexity index is 587. The van der Waals surface area contributed by atoms with Gasteiger partial charge in [0.1, 0.15) is 17.4 Å². The zero-order valence-electron chi connectivity index (χ0n) is 11.6. The number of hydrogen-bond acceptors (Lipinski definition) is 5. The number of nitro groups is 1. The monoisotopic (exact) mass is 353 g/mol. The molecule has 0 aliphatic heterocycles. The number of benzene rings is 1. The number of nitrogens with zero attached hydrogens (tertiary/aromatic N) is 2. The van der Waals surface area contributed by atoms with Crippen LogP contribution in [-0.2, 0) is 0 Å². The first kappa shape index (κ1) is 15.7. The van der Waals surface area contributed by atoms with Crippen molar-refractivity contribution in [3.8, 4) is 11.8 Å². The van der Waals surface area contributed by atoms with Crippen LogP contribution in [0.15, 0.2) is 22.7 Å². The van der Waals surface area contributed by atoms with Crippen molar-refractivity contribution in [1.29, 1.82) is 5.26 Å². The molecule has 0 saturated heterocycles. The third kappa shape index (κ3) is 3.52. The smallest absolute Gasteiger partial charge is 0.273 e. The van der Waals surface area contributed by atoms with Crippen LogP contribution < -0.4 is 10.1 Å². The molecular weight excluding hydrogens is 338 g/mol. The summed E-state index contributed by atoms with van der Waals surface area (Å²) < 4.78 is 6.53. The van der Waals surface area contributed by atoms with E-state index in [9.17, 15) is 15.4 Å². The summed E-state index contributed by atoms with van der Waals surface area (Å²) in [6, 6.07) is 6.76. The van der Waals surface area contributed by atoms with E-state index in [0.717, 1.165) is 13.0 Å². The molecule has 0 aromatic heterocycles. The van der Waals surface area contributed by atoms with Crippen molar-refractivity contribution in [2.24, 2.45) is 0 Å². The van der Waals surface area contributed by atoms with Crippen LogP contribution in [-0.4, -0.2) is 23.1 Å². The Hall–Kier alpha value is -1.65. The first-order valence-corrected chi connectivity index (χ1v) is 7.56. The molecule has 0 spiro atoms. The lowest BCUT2D eigenvalue weighted by molar-refractivity contribution is -0.385. The molecule has 2 atom stereocenters. The molecule has 1 aromatic rings. The minimum atomic E-state index is -0.549. The first-order chi connectivity index (χ1) is 9.99. The number of nitriles is 1. The SMILES string of the molecule is CCNC1(C#N)CCC(Oc2cc([N+](=O)[O-])ccc2Br)C1. The molecule has 6 nitrogen and oxygen atoms in total. The van der Waals surface area contributed by atoms with E-state index in [0.29, 0.717) is 23.1 Å². The molecule has 0 bridgehead atoms. The van der Waals surface area contributed by atoms with Gasteiger partial charge in [-0.2, -0.15) is 5.26 Å². The maximum absolute atomic E-state index is 10.8. The molecule has 1 aromatic carbocycles. The Morgan fingerprint density at radius 3 is 3.05 bits per heavy atom. The van der Waals surface area contributed by atoms with Crippen molar-refractivity contribution >= 4 is 21.6 Å². The fourth-order valence-corrected chi connectivity index (χ4v) is 2.96. The van der Waals surface area contributed by atoms with Gasteiger partial charge in [0.2, 0.25) is 0 Å². The highest BCUT2D eigenvalue weighted by atomic mass is 79.9. The van der Waals surface area contributed by atoms with Crippen LogP contribution in [0.4, 0.5) is 5.69 Å². The summed E-state index contributed by atoms with van der Waals surface area (Å²) in [6.07, 6.45) is 1.92. The average Bonchev–Trinajstić information content (AvgIpc) is 2.85. The molecule has 2 rings (SSSR count). The Morgan fingerprint density at radius 1 is 1.67 bits per heavy atom. The summed E-state index contributed by atoms with van der Waals surface area (Å²) in [4.78, 5) is 10.4. The summed E-state index contributed by atoms with van der Waals surface area (Å²) in [6.45, 7) is 2.69. The fraction of sp³-hybridized carbons (Fsp3) is 0.500. The van der Waals surface area contributed by atoms with Crippen LogP contribution in [0.5, 0.6) is 5.75 Å². The molecule has 1 aliphatic carbocycles. The van der Waals surface area contributed by atoms with Crippen molar-refractivity contribution in [1.82, 2.24) is 5.32 Å². The third-order valence-electron chi connectivity index (χ3n) is 3.62. The van der Waals surface area contributed by atoms with E-state index in [4.69, 9.17) is 4.74 Å². The van der Waals surface area contributed by atoms with E-state index in [1.807, 2.05) is 6.92 Å². The topological polar surface area (TPSA) is 88.2 Å². The highest BCUT2D eigenvalue weighted by Crippen LogP contribution is 2.36. The first-order valence-electron chi connectivity index (χ1n) is 6.76. The van der Waals surface area contributed by atoms with E-state index < -0.39 is 10.5 Å². The summed E-state index contributed by atoms with van der Waals surface area (Å²) in [5.41, 5.74) is -0.559. The van der Waals surface area contributed by atoms with Gasteiger partial charge in [0.05, 0.1) is 21.5 Å². The van der Waals surface area contributed by atoms with Crippen molar-refractivity contribution in [3.05, 3.63) is 32.8 Å². The van der Waals surface area contributed by atoms with Crippen LogP contribution in [0, 0.1) is 21.4 Å². The highest BCUT2D eigenvalue weighted by molar-refractivity contribution is 9.10. The quantitative estimate of drug-likeness (QED) is 0.648. The van der Waals surface area contributed by atoms with Crippen LogP contribution in [0.3, 0.4) is 0 Å². The zero-order valence-corrected chi connectivity index (χ0v) is 13.2. The number of rotatable bonds is 5. The van der Waals surface area contributed by atoms with E-state index in [-0.39, 0.29) is 11.8 Å². The lowest BCUT2D eigenvalue weighted by Gasteiger charge is -2.22. The summed E-state index contributed by atoms with van der Waals surface area (Å²) >= 11 is 3.33. The molecule has 112 valence electrons. The van der Waals surface area contributed by atoms with Gasteiger partial charge in [-0.05, 0) is 41.4 Å². The van der Waals surface area contributed by atoms with Gasteiger partial charge in [0.25, 0.3) is 5.69 Å². The maximum Gasteiger partial charge on any atom is 0.273 e. The minimum Gasteiger partial charge on any atom is -0.489 e. The van der Waals surface area contributed by atoms with E-state index in [1.54, 1.807) is 6.07 Å². The number of nitrogens with one attached hydrogen (secondary N) is 1. The third-order valence-corrected chi connectivity index (χ3v) is 4.27. The van der Waals surface area contributed by atoms with Crippen molar-refractivity contribution in [2.45, 2.75) is 37.8 Å². The molecular formula is C14H16BrN3O3. The van der Waals surface area contributed by atoms with Crippen LogP contribution in [0.25, 0.3) is 0 Å². The molecule has 0 heterocycles. The predicted molar refractivity (Wildman–Crippen MR) is 81.1 cm³/mol. The largest absolute Gasteiger partial charge is 0.489 e. The number of halogens is 1. The van der Waals surface area contributed by atoms with Gasteiger partial charge in [-0.25, -0.2) is 0 Å². The number of nitro benzene ring substituents is 1. The maximum atomic E-state index is 10.8. The van der Waals surface area contributed by atoms with Crippen LogP contribution >= 0.6 is 15.9 Å². The standard InChI is InChI=1S/C14H16BrN3O3/c1-2-17-14(9-16)6-5-11(8-14)21-13-7-10(18(19)20)3-4-12(13)15/h3-4,7,11,17H,2,5-6,8H2,1H3. The average molecular weight is 354 g/mol. The molecule has 0 amide bonds. The zero-order chi connectivity index (χ0) is 15.5. The molecule has 2 unspecified atom stereocenters. The normalized spacial score (nSPS) is 24.5. The Morgan fingerprint density at radius 2 is 2.43 bits per heavy atom. The van der Waals surface area contributed by atoms with E-state index in [2.05, 4.69) is 27.3 Å². The molecule has 1 fully saturated rings. The van der Waals surface area contributed by atoms with Crippen molar-refractivity contribution in [2.75, 3.05) is 6.54 Å². The number of ether oxygens (including phenoxy) is 1. The second-order valence-corrected chi connectivity index (χ2v) is 5.93. The van der Waals surface area contributed by atoms with Gasteiger partial charge in [-0.15, -0.1) is 0 Å². The van der Waals surface area contributed by atoms with Gasteiger partial charge in [0.15, 0.2) is 0 Å². The summed E-state index contributed by atoms with van der Waals surface area (Å²) in [7, 11) is 0. The molecule has 21 heavy (non-hydrogen) atoms. The van der Waals surface area contributed by atoms with Crippen molar-refractivity contribution < 1.29 is 9.66 Å². The number of non-ortho nitro benzene ring substituents is 1. The molecule has 0 radical (unpaired) electrons. The van der Waals surface area contributed by atoms with Crippen molar-refractivity contribution in [3.63, 3.8) is 0 Å². The lowest BCUT2D eigenvalue weighted by atomic mass is 10.00. The van der Waals surface area contributed by atoms with Gasteiger partial charge in [0, 0.05) is 12.5 Å². The second kappa shape index (κ2) is 6.41. The van der Waals surface area contributed by atoms with Gasteiger partial charge in [-0.3, -0.25) is 15.4 Å². The van der Waals surface area contributed by atoms with Crippen LogP contribution in [0.2, 0.25) is 0 Å². The minimum absolute atomic E-state index is 0.00979. The summed E-state index contributed by atoms with van der Waals surface area (Å²) in [5, 5.41) is 23.4. The van der Waals surface area contributed by atoms with Crippen LogP contribution in [0.1, 0.15) is 26.2 Å². The highest BCUT2D eigenvalue weighted by Gasteiger charge is 2.40. The molecule has 7 heteroatoms. The van der Waals surface area contributed by atoms with Gasteiger partial charge in [-0.1, -0.05) is 6.92 Å². The molecule has 1 aliphatic rings. The Labute approximate surface area is 131 Å². The fourth-order valence-electron chi connectivity index (χ4n) is 2.62. The van der Waals surface area contributed by atoms with E-state index in [1.165, 1.54) is 12.1 Å². The molecule has 1 saturated carbocycles. The number of hydrogen-bond donors (Lipinski definition) is 1. The van der Waals surface area contributed by atoms with Gasteiger partial charge < -0.3 is 4.74 Å². The van der Waals surface area contributed by atoms with Gasteiger partial charge >= 0.3 is 0 Å². The molecule has 1 N–H and O–H groups in total. The second-order valence-electron chi connectivity index (χ2n) is 5.08. The van der Waals surface area contributed by atoms with E-state index >= 15 is 0 Å². The Balaban J connectivity index is 2.12. The predicted octanol–water partition coefficient (Wildman–Crippen LogP) is 3.16. The Kier molecular flexibility index (Phi) is 4.80.